The molecule has 0 heterocycles. The average molecular weight is 467 g/mol. The van der Waals surface area contributed by atoms with Gasteiger partial charge in [0.25, 0.3) is 0 Å². The van der Waals surface area contributed by atoms with E-state index in [0.717, 1.165) is 28.4 Å². The second kappa shape index (κ2) is 10.2. The van der Waals surface area contributed by atoms with E-state index in [1.54, 1.807) is 24.3 Å². The quantitative estimate of drug-likeness (QED) is 0.600. The second-order valence-corrected chi connectivity index (χ2v) is 9.82. The number of carbonyl (C=O) groups is 1. The Morgan fingerprint density at radius 3 is 2.29 bits per heavy atom. The first-order chi connectivity index (χ1) is 13.2. The number of amides is 1. The molecule has 0 aliphatic heterocycles. The molecule has 0 aliphatic rings. The summed E-state index contributed by atoms with van der Waals surface area (Å²) in [5, 5.41) is 2.89. The molecule has 0 aliphatic carbocycles. The zero-order valence-electron chi connectivity index (χ0n) is 16.5. The van der Waals surface area contributed by atoms with Gasteiger partial charge in [-0.3, -0.25) is 4.79 Å². The first-order valence-corrected chi connectivity index (χ1v) is 11.6. The summed E-state index contributed by atoms with van der Waals surface area (Å²) in [5.74, 6) is -0.297. The normalized spacial score (nSPS) is 12.8. The summed E-state index contributed by atoms with van der Waals surface area (Å²) in [7, 11) is -3.81. The second-order valence-electron chi connectivity index (χ2n) is 6.97. The van der Waals surface area contributed by atoms with Crippen LogP contribution in [-0.4, -0.2) is 31.2 Å². The van der Waals surface area contributed by atoms with Gasteiger partial charge < -0.3 is 5.32 Å². The summed E-state index contributed by atoms with van der Waals surface area (Å²) in [6.45, 7) is 5.78. The van der Waals surface area contributed by atoms with Crippen LogP contribution in [0.25, 0.3) is 0 Å². The van der Waals surface area contributed by atoms with E-state index in [-0.39, 0.29) is 29.9 Å². The standard InChI is InChI=1S/C21H27BrN2O3S/c1-4-5-17(3)23-21(25)15-24(14-18-8-10-19(22)11-9-18)28(26,27)20-12-6-16(2)7-13-20/h6-13,17H,4-5,14-15H2,1-3H3,(H,23,25)/t17-/m0/s1. The van der Waals surface area contributed by atoms with Crippen molar-refractivity contribution in [3.63, 3.8) is 0 Å². The maximum absolute atomic E-state index is 13.2. The molecule has 1 atom stereocenters. The van der Waals surface area contributed by atoms with Crippen LogP contribution < -0.4 is 5.32 Å². The number of hydrogen-bond donors (Lipinski definition) is 1. The number of nitrogens with zero attached hydrogens (tertiary/aromatic N) is 1. The van der Waals surface area contributed by atoms with Gasteiger partial charge in [0, 0.05) is 17.1 Å². The molecule has 2 aromatic rings. The Hall–Kier alpha value is -1.70. The summed E-state index contributed by atoms with van der Waals surface area (Å²) in [5.41, 5.74) is 1.79. The predicted octanol–water partition coefficient (Wildman–Crippen LogP) is 4.25. The van der Waals surface area contributed by atoms with Crippen molar-refractivity contribution in [1.82, 2.24) is 9.62 Å². The molecular formula is C21H27BrN2O3S. The lowest BCUT2D eigenvalue weighted by Crippen LogP contribution is -2.43. The number of rotatable bonds is 9. The van der Waals surface area contributed by atoms with Crippen molar-refractivity contribution >= 4 is 31.9 Å². The molecule has 1 N–H and O–H groups in total. The molecule has 0 aromatic heterocycles. The van der Waals surface area contributed by atoms with E-state index in [9.17, 15) is 13.2 Å². The first-order valence-electron chi connectivity index (χ1n) is 9.33. The van der Waals surface area contributed by atoms with Gasteiger partial charge >= 0.3 is 0 Å². The SMILES string of the molecule is CCC[C@H](C)NC(=O)CN(Cc1ccc(Br)cc1)S(=O)(=O)c1ccc(C)cc1. The molecule has 152 valence electrons. The minimum absolute atomic E-state index is 0.00843. The molecule has 1 amide bonds. The molecule has 0 bridgehead atoms. The molecule has 0 saturated heterocycles. The van der Waals surface area contributed by atoms with Crippen molar-refractivity contribution in [2.24, 2.45) is 0 Å². The van der Waals surface area contributed by atoms with Crippen LogP contribution in [0.5, 0.6) is 0 Å². The lowest BCUT2D eigenvalue weighted by atomic mass is 10.2. The third kappa shape index (κ3) is 6.43. The van der Waals surface area contributed by atoms with Gasteiger partial charge in [-0.15, -0.1) is 0 Å². The first kappa shape index (κ1) is 22.6. The third-order valence-corrected chi connectivity index (χ3v) is 6.71. The number of halogens is 1. The van der Waals surface area contributed by atoms with Crippen molar-refractivity contribution in [2.75, 3.05) is 6.54 Å². The van der Waals surface area contributed by atoms with Crippen LogP contribution in [0.3, 0.4) is 0 Å². The van der Waals surface area contributed by atoms with Gasteiger partial charge in [0.2, 0.25) is 15.9 Å². The minimum Gasteiger partial charge on any atom is -0.353 e. The van der Waals surface area contributed by atoms with E-state index in [1.807, 2.05) is 45.0 Å². The van der Waals surface area contributed by atoms with Crippen LogP contribution >= 0.6 is 15.9 Å². The molecule has 0 unspecified atom stereocenters. The number of benzene rings is 2. The van der Waals surface area contributed by atoms with E-state index >= 15 is 0 Å². The number of sulfonamides is 1. The van der Waals surface area contributed by atoms with Gasteiger partial charge in [-0.05, 0) is 50.1 Å². The van der Waals surface area contributed by atoms with Crippen LogP contribution in [0.4, 0.5) is 0 Å². The van der Waals surface area contributed by atoms with Crippen LogP contribution in [0.1, 0.15) is 37.8 Å². The maximum atomic E-state index is 13.2. The lowest BCUT2D eigenvalue weighted by molar-refractivity contribution is -0.122. The number of carbonyl (C=O) groups excluding carboxylic acids is 1. The molecule has 2 rings (SSSR count). The topological polar surface area (TPSA) is 66.5 Å². The molecule has 0 fully saturated rings. The molecule has 0 spiro atoms. The highest BCUT2D eigenvalue weighted by molar-refractivity contribution is 9.10. The molecule has 0 saturated carbocycles. The van der Waals surface area contributed by atoms with Gasteiger partial charge in [-0.1, -0.05) is 59.1 Å². The van der Waals surface area contributed by atoms with Gasteiger partial charge in [-0.2, -0.15) is 4.31 Å². The number of nitrogens with one attached hydrogen (secondary N) is 1. The van der Waals surface area contributed by atoms with Crippen LogP contribution in [-0.2, 0) is 21.4 Å². The molecule has 2 aromatic carbocycles. The highest BCUT2D eigenvalue weighted by atomic mass is 79.9. The molecular weight excluding hydrogens is 440 g/mol. The summed E-state index contributed by atoms with van der Waals surface area (Å²) in [6, 6.07) is 14.1. The van der Waals surface area contributed by atoms with Gasteiger partial charge in [-0.25, -0.2) is 8.42 Å². The summed E-state index contributed by atoms with van der Waals surface area (Å²) in [6.07, 6.45) is 1.80. The fourth-order valence-corrected chi connectivity index (χ4v) is 4.51. The Bertz CT molecular complexity index is 881. The van der Waals surface area contributed by atoms with E-state index in [0.29, 0.717) is 0 Å². The monoisotopic (exact) mass is 466 g/mol. The Morgan fingerprint density at radius 2 is 1.71 bits per heavy atom. The van der Waals surface area contributed by atoms with Crippen LogP contribution in [0, 0.1) is 6.92 Å². The third-order valence-electron chi connectivity index (χ3n) is 4.38. The van der Waals surface area contributed by atoms with E-state index < -0.39 is 10.0 Å². The molecule has 5 nitrogen and oxygen atoms in total. The number of aryl methyl sites for hydroxylation is 1. The van der Waals surface area contributed by atoms with Crippen molar-refractivity contribution in [3.05, 3.63) is 64.1 Å². The average Bonchev–Trinajstić information content (AvgIpc) is 2.63. The zero-order chi connectivity index (χ0) is 20.7. The Morgan fingerprint density at radius 1 is 1.11 bits per heavy atom. The maximum Gasteiger partial charge on any atom is 0.243 e. The van der Waals surface area contributed by atoms with Gasteiger partial charge in [0.1, 0.15) is 0 Å². The smallest absolute Gasteiger partial charge is 0.243 e. The Kier molecular flexibility index (Phi) is 8.22. The van der Waals surface area contributed by atoms with E-state index in [2.05, 4.69) is 21.2 Å². The Balaban J connectivity index is 2.27. The summed E-state index contributed by atoms with van der Waals surface area (Å²) < 4.78 is 28.5. The lowest BCUT2D eigenvalue weighted by Gasteiger charge is -2.23. The minimum atomic E-state index is -3.81. The molecule has 0 radical (unpaired) electrons. The summed E-state index contributed by atoms with van der Waals surface area (Å²) >= 11 is 3.38. The van der Waals surface area contributed by atoms with Crippen LogP contribution in [0.2, 0.25) is 0 Å². The van der Waals surface area contributed by atoms with Crippen molar-refractivity contribution in [2.45, 2.75) is 51.1 Å². The number of hydrogen-bond acceptors (Lipinski definition) is 3. The molecule has 28 heavy (non-hydrogen) atoms. The van der Waals surface area contributed by atoms with E-state index in [1.165, 1.54) is 4.31 Å². The van der Waals surface area contributed by atoms with Crippen molar-refractivity contribution in [3.8, 4) is 0 Å². The molecule has 7 heteroatoms. The van der Waals surface area contributed by atoms with Crippen molar-refractivity contribution in [1.29, 1.82) is 0 Å². The highest BCUT2D eigenvalue weighted by Crippen LogP contribution is 2.20. The zero-order valence-corrected chi connectivity index (χ0v) is 18.9. The van der Waals surface area contributed by atoms with Gasteiger partial charge in [0.15, 0.2) is 0 Å². The van der Waals surface area contributed by atoms with Crippen LogP contribution in [0.15, 0.2) is 57.9 Å². The predicted molar refractivity (Wildman–Crippen MR) is 115 cm³/mol. The van der Waals surface area contributed by atoms with E-state index in [4.69, 9.17) is 0 Å². The summed E-state index contributed by atoms with van der Waals surface area (Å²) in [4.78, 5) is 12.7. The van der Waals surface area contributed by atoms with Gasteiger partial charge in [0.05, 0.1) is 11.4 Å². The Labute approximate surface area is 176 Å². The van der Waals surface area contributed by atoms with Crippen molar-refractivity contribution < 1.29 is 13.2 Å². The fourth-order valence-electron chi connectivity index (χ4n) is 2.86. The highest BCUT2D eigenvalue weighted by Gasteiger charge is 2.27. The largest absolute Gasteiger partial charge is 0.353 e. The fraction of sp³-hybridized carbons (Fsp3) is 0.381.